The molecule has 2 aromatic rings. The molecule has 0 fully saturated rings. The van der Waals surface area contributed by atoms with E-state index in [2.05, 4.69) is 24.3 Å². The van der Waals surface area contributed by atoms with Crippen LogP contribution in [0, 0.1) is 6.92 Å². The molecule has 0 heterocycles. The third-order valence-corrected chi connectivity index (χ3v) is 3.50. The quantitative estimate of drug-likeness (QED) is 0.795. The van der Waals surface area contributed by atoms with Gasteiger partial charge in [0.25, 0.3) is 0 Å². The first-order chi connectivity index (χ1) is 9.66. The summed E-state index contributed by atoms with van der Waals surface area (Å²) < 4.78 is 0. The molecule has 104 valence electrons. The number of rotatable bonds is 6. The Morgan fingerprint density at radius 1 is 1.00 bits per heavy atom. The number of aromatic carboxylic acids is 1. The third kappa shape index (κ3) is 3.95. The van der Waals surface area contributed by atoms with Crippen molar-refractivity contribution >= 4 is 5.97 Å². The van der Waals surface area contributed by atoms with Crippen LogP contribution in [0.2, 0.25) is 0 Å². The Hall–Kier alpha value is -2.09. The van der Waals surface area contributed by atoms with Crippen LogP contribution in [0.5, 0.6) is 0 Å². The fourth-order valence-corrected chi connectivity index (χ4v) is 2.40. The van der Waals surface area contributed by atoms with Gasteiger partial charge in [-0.3, -0.25) is 0 Å². The maximum atomic E-state index is 11.2. The summed E-state index contributed by atoms with van der Waals surface area (Å²) in [7, 11) is 0. The summed E-state index contributed by atoms with van der Waals surface area (Å²) in [6, 6.07) is 16.1. The molecular weight excluding hydrogens is 248 g/mol. The van der Waals surface area contributed by atoms with Gasteiger partial charge in [-0.15, -0.1) is 0 Å². The predicted molar refractivity (Wildman–Crippen MR) is 81.2 cm³/mol. The molecule has 20 heavy (non-hydrogen) atoms. The summed E-state index contributed by atoms with van der Waals surface area (Å²) >= 11 is 0. The lowest BCUT2D eigenvalue weighted by molar-refractivity contribution is 0.0695. The van der Waals surface area contributed by atoms with Crippen LogP contribution in [0.3, 0.4) is 0 Å². The molecule has 1 N–H and O–H groups in total. The van der Waals surface area contributed by atoms with Gasteiger partial charge in [0.15, 0.2) is 0 Å². The minimum absolute atomic E-state index is 0.449. The van der Waals surface area contributed by atoms with Crippen LogP contribution in [0.1, 0.15) is 39.9 Å². The fraction of sp³-hybridized carbons (Fsp3) is 0.278. The summed E-state index contributed by atoms with van der Waals surface area (Å²) in [4.78, 5) is 11.2. The Kier molecular flexibility index (Phi) is 4.94. The number of hydrogen-bond acceptors (Lipinski definition) is 1. The normalized spacial score (nSPS) is 10.4. The summed E-state index contributed by atoms with van der Waals surface area (Å²) in [5.74, 6) is -0.827. The molecule has 0 radical (unpaired) electrons. The van der Waals surface area contributed by atoms with Gasteiger partial charge in [-0.1, -0.05) is 48.0 Å². The zero-order valence-corrected chi connectivity index (χ0v) is 11.8. The van der Waals surface area contributed by atoms with Gasteiger partial charge >= 0.3 is 5.97 Å². The van der Waals surface area contributed by atoms with E-state index < -0.39 is 5.97 Å². The van der Waals surface area contributed by atoms with Crippen LogP contribution in [0.4, 0.5) is 0 Å². The molecule has 2 heteroatoms. The Balaban J connectivity index is 1.90. The highest BCUT2D eigenvalue weighted by molar-refractivity contribution is 5.89. The van der Waals surface area contributed by atoms with Gasteiger partial charge in [-0.05, 0) is 49.8 Å². The second kappa shape index (κ2) is 6.90. The second-order valence-corrected chi connectivity index (χ2v) is 5.16. The first-order valence-electron chi connectivity index (χ1n) is 7.03. The van der Waals surface area contributed by atoms with E-state index in [9.17, 15) is 9.90 Å². The molecule has 0 aliphatic heterocycles. The van der Waals surface area contributed by atoms with Crippen LogP contribution in [-0.2, 0) is 12.8 Å². The highest BCUT2D eigenvalue weighted by Crippen LogP contribution is 2.15. The first-order valence-corrected chi connectivity index (χ1v) is 7.03. The van der Waals surface area contributed by atoms with E-state index in [0.29, 0.717) is 5.56 Å². The molecule has 0 saturated heterocycles. The second-order valence-electron chi connectivity index (χ2n) is 5.16. The minimum atomic E-state index is -0.827. The lowest BCUT2D eigenvalue weighted by Crippen LogP contribution is -2.03. The molecule has 0 aliphatic carbocycles. The van der Waals surface area contributed by atoms with Crippen molar-refractivity contribution in [2.45, 2.75) is 32.6 Å². The topological polar surface area (TPSA) is 37.3 Å². The van der Waals surface area contributed by atoms with Crippen molar-refractivity contribution < 1.29 is 9.90 Å². The van der Waals surface area contributed by atoms with Gasteiger partial charge in [0.1, 0.15) is 0 Å². The van der Waals surface area contributed by atoms with Gasteiger partial charge in [0, 0.05) is 0 Å². The Morgan fingerprint density at radius 2 is 1.70 bits per heavy atom. The standard InChI is InChI=1S/C18H20O2/c1-14-11-12-16(17(13-14)18(19)20)10-6-5-9-15-7-3-2-4-8-15/h2-4,7-8,11-13H,5-6,9-10H2,1H3,(H,19,20). The molecule has 0 aliphatic rings. The number of carboxylic acids is 1. The van der Waals surface area contributed by atoms with E-state index in [-0.39, 0.29) is 0 Å². The van der Waals surface area contributed by atoms with Gasteiger partial charge in [-0.2, -0.15) is 0 Å². The molecule has 0 saturated carbocycles. The van der Waals surface area contributed by atoms with Crippen LogP contribution in [0.25, 0.3) is 0 Å². The zero-order valence-electron chi connectivity index (χ0n) is 11.8. The van der Waals surface area contributed by atoms with Crippen LogP contribution >= 0.6 is 0 Å². The fourth-order valence-electron chi connectivity index (χ4n) is 2.40. The number of unbranched alkanes of at least 4 members (excludes halogenated alkanes) is 1. The Bertz CT molecular complexity index is 573. The average molecular weight is 268 g/mol. The SMILES string of the molecule is Cc1ccc(CCCCc2ccccc2)c(C(=O)O)c1. The molecular formula is C18H20O2. The molecule has 0 atom stereocenters. The highest BCUT2D eigenvalue weighted by atomic mass is 16.4. The van der Waals surface area contributed by atoms with Crippen LogP contribution < -0.4 is 0 Å². The van der Waals surface area contributed by atoms with Crippen molar-refractivity contribution in [2.24, 2.45) is 0 Å². The van der Waals surface area contributed by atoms with Gasteiger partial charge in [0.05, 0.1) is 5.56 Å². The lowest BCUT2D eigenvalue weighted by Gasteiger charge is -2.07. The van der Waals surface area contributed by atoms with Gasteiger partial charge in [-0.25, -0.2) is 4.79 Å². The summed E-state index contributed by atoms with van der Waals surface area (Å²) in [6.07, 6.45) is 3.97. The van der Waals surface area contributed by atoms with E-state index in [4.69, 9.17) is 0 Å². The van der Waals surface area contributed by atoms with Crippen molar-refractivity contribution in [3.05, 3.63) is 70.8 Å². The van der Waals surface area contributed by atoms with E-state index in [1.165, 1.54) is 5.56 Å². The molecule has 0 aromatic heterocycles. The molecule has 0 amide bonds. The number of hydrogen-bond donors (Lipinski definition) is 1. The largest absolute Gasteiger partial charge is 0.478 e. The number of carbonyl (C=O) groups is 1. The Labute approximate surface area is 120 Å². The van der Waals surface area contributed by atoms with Crippen molar-refractivity contribution in [3.63, 3.8) is 0 Å². The van der Waals surface area contributed by atoms with Gasteiger partial charge in [0.2, 0.25) is 0 Å². The monoisotopic (exact) mass is 268 g/mol. The smallest absolute Gasteiger partial charge is 0.335 e. The van der Waals surface area contributed by atoms with Crippen molar-refractivity contribution in [1.29, 1.82) is 0 Å². The molecule has 2 rings (SSSR count). The predicted octanol–water partition coefficient (Wildman–Crippen LogP) is 4.26. The summed E-state index contributed by atoms with van der Waals surface area (Å²) in [5.41, 5.74) is 3.73. The number of carboxylic acid groups (broad SMARTS) is 1. The van der Waals surface area contributed by atoms with E-state index in [1.54, 1.807) is 6.07 Å². The molecule has 2 aromatic carbocycles. The molecule has 0 spiro atoms. The van der Waals surface area contributed by atoms with Crippen LogP contribution in [0.15, 0.2) is 48.5 Å². The molecule has 0 unspecified atom stereocenters. The zero-order chi connectivity index (χ0) is 14.4. The van der Waals surface area contributed by atoms with Crippen LogP contribution in [-0.4, -0.2) is 11.1 Å². The minimum Gasteiger partial charge on any atom is -0.478 e. The van der Waals surface area contributed by atoms with E-state index in [0.717, 1.165) is 36.8 Å². The molecule has 0 bridgehead atoms. The van der Waals surface area contributed by atoms with Crippen molar-refractivity contribution in [3.8, 4) is 0 Å². The summed E-state index contributed by atoms with van der Waals surface area (Å²) in [6.45, 7) is 1.92. The van der Waals surface area contributed by atoms with Crippen molar-refractivity contribution in [2.75, 3.05) is 0 Å². The van der Waals surface area contributed by atoms with Crippen molar-refractivity contribution in [1.82, 2.24) is 0 Å². The van der Waals surface area contributed by atoms with E-state index in [1.807, 2.05) is 25.1 Å². The summed E-state index contributed by atoms with van der Waals surface area (Å²) in [5, 5.41) is 9.22. The maximum Gasteiger partial charge on any atom is 0.335 e. The third-order valence-electron chi connectivity index (χ3n) is 3.50. The number of aryl methyl sites for hydroxylation is 3. The highest BCUT2D eigenvalue weighted by Gasteiger charge is 2.09. The van der Waals surface area contributed by atoms with E-state index >= 15 is 0 Å². The average Bonchev–Trinajstić information content (AvgIpc) is 2.45. The number of benzene rings is 2. The molecule has 2 nitrogen and oxygen atoms in total. The van der Waals surface area contributed by atoms with Gasteiger partial charge < -0.3 is 5.11 Å². The lowest BCUT2D eigenvalue weighted by atomic mass is 9.98. The maximum absolute atomic E-state index is 11.2. The Morgan fingerprint density at radius 3 is 2.40 bits per heavy atom. The first kappa shape index (κ1) is 14.3.